The SMILES string of the molecule is [CH2-]CC(C)(C)C.[CH2-]S(=O)(=O)CCCCC(=O)C(C)(C)C.[Y]. The van der Waals surface area contributed by atoms with Crippen molar-refractivity contribution in [2.24, 2.45) is 10.8 Å². The predicted molar refractivity (Wildman–Crippen MR) is 86.9 cm³/mol. The summed E-state index contributed by atoms with van der Waals surface area (Å²) in [7, 11) is -3.12. The van der Waals surface area contributed by atoms with Crippen molar-refractivity contribution in [3.05, 3.63) is 13.2 Å². The average molecular weight is 393 g/mol. The molecule has 0 fully saturated rings. The molecule has 0 unspecified atom stereocenters. The quantitative estimate of drug-likeness (QED) is 0.519. The summed E-state index contributed by atoms with van der Waals surface area (Å²) in [6, 6.07) is 0. The van der Waals surface area contributed by atoms with Gasteiger partial charge in [0.15, 0.2) is 0 Å². The minimum Gasteiger partial charge on any atom is -0.343 e. The Hall–Kier alpha value is 0.724. The molecule has 0 aromatic rings. The first-order valence-electron chi connectivity index (χ1n) is 7.07. The fourth-order valence-corrected chi connectivity index (χ4v) is 1.63. The van der Waals surface area contributed by atoms with E-state index in [4.69, 9.17) is 0 Å². The Bertz CT molecular complexity index is 373. The molecule has 1 radical (unpaired) electrons. The zero-order chi connectivity index (χ0) is 16.6. The second-order valence-electron chi connectivity index (χ2n) is 7.39. The van der Waals surface area contributed by atoms with E-state index in [1.807, 2.05) is 20.8 Å². The number of sulfone groups is 1. The van der Waals surface area contributed by atoms with Crippen molar-refractivity contribution in [1.82, 2.24) is 0 Å². The van der Waals surface area contributed by atoms with Crippen LogP contribution in [0, 0.1) is 24.0 Å². The fraction of sp³-hybridized carbons (Fsp3) is 0.812. The Labute approximate surface area is 157 Å². The van der Waals surface area contributed by atoms with Crippen LogP contribution in [-0.2, 0) is 47.3 Å². The summed E-state index contributed by atoms with van der Waals surface area (Å²) in [5, 5.41) is 0. The zero-order valence-corrected chi connectivity index (χ0v) is 18.3. The summed E-state index contributed by atoms with van der Waals surface area (Å²) >= 11 is 0. The summed E-state index contributed by atoms with van der Waals surface area (Å²) < 4.78 is 21.4. The van der Waals surface area contributed by atoms with E-state index in [0.29, 0.717) is 24.7 Å². The van der Waals surface area contributed by atoms with Crippen molar-refractivity contribution in [2.45, 2.75) is 67.2 Å². The van der Waals surface area contributed by atoms with E-state index in [-0.39, 0.29) is 49.7 Å². The Kier molecular flexibility index (Phi) is 14.3. The maximum atomic E-state index is 11.4. The standard InChI is InChI=1S/C10H19O3S.C6H13.Y/c1-10(2,3)9(11)7-5-6-8-14(4,12)13;1-5-6(2,3)4;/h4-8H2,1-3H3;1,5H2,2-4H3;/q2*-1;. The molecule has 0 aliphatic rings. The molecule has 0 aliphatic heterocycles. The molecule has 125 valence electrons. The van der Waals surface area contributed by atoms with Crippen molar-refractivity contribution in [2.75, 3.05) is 5.75 Å². The summed E-state index contributed by atoms with van der Waals surface area (Å²) in [6.45, 7) is 15.9. The molecule has 0 amide bonds. The third-order valence-electron chi connectivity index (χ3n) is 2.70. The minimum atomic E-state index is -3.12. The van der Waals surface area contributed by atoms with E-state index in [2.05, 4.69) is 34.0 Å². The van der Waals surface area contributed by atoms with Crippen LogP contribution in [0.15, 0.2) is 0 Å². The molecular formula is C16H32O3SY-2. The number of carbonyl (C=O) groups is 1. The van der Waals surface area contributed by atoms with Crippen molar-refractivity contribution < 1.29 is 45.9 Å². The monoisotopic (exact) mass is 393 g/mol. The van der Waals surface area contributed by atoms with Gasteiger partial charge in [0.1, 0.15) is 5.78 Å². The van der Waals surface area contributed by atoms with Crippen LogP contribution in [0.1, 0.15) is 67.2 Å². The van der Waals surface area contributed by atoms with Gasteiger partial charge >= 0.3 is 0 Å². The molecule has 0 rings (SSSR count). The number of hydrogen-bond donors (Lipinski definition) is 0. The Morgan fingerprint density at radius 3 is 1.62 bits per heavy atom. The van der Waals surface area contributed by atoms with Gasteiger partial charge in [-0.3, -0.25) is 13.2 Å². The van der Waals surface area contributed by atoms with Crippen LogP contribution in [0.4, 0.5) is 0 Å². The van der Waals surface area contributed by atoms with E-state index in [9.17, 15) is 13.2 Å². The Morgan fingerprint density at radius 2 is 1.38 bits per heavy atom. The molecule has 0 aromatic carbocycles. The smallest absolute Gasteiger partial charge is 0.138 e. The summed E-state index contributed by atoms with van der Waals surface area (Å²) in [5.41, 5.74) is 0.114. The molecule has 0 spiro atoms. The third-order valence-corrected chi connectivity index (χ3v) is 3.61. The first-order chi connectivity index (χ1) is 8.69. The van der Waals surface area contributed by atoms with E-state index in [1.165, 1.54) is 0 Å². The number of hydrogen-bond acceptors (Lipinski definition) is 3. The number of unbranched alkanes of at least 4 members (excludes halogenated alkanes) is 1. The second-order valence-corrected chi connectivity index (χ2v) is 9.28. The minimum absolute atomic E-state index is 0. The van der Waals surface area contributed by atoms with Gasteiger partial charge in [-0.2, -0.15) is 6.42 Å². The molecule has 0 bridgehead atoms. The van der Waals surface area contributed by atoms with Gasteiger partial charge < -0.3 is 6.92 Å². The van der Waals surface area contributed by atoms with Crippen LogP contribution in [0.2, 0.25) is 0 Å². The van der Waals surface area contributed by atoms with Crippen molar-refractivity contribution in [3.63, 3.8) is 0 Å². The molecule has 0 N–H and O–H groups in total. The van der Waals surface area contributed by atoms with Gasteiger partial charge in [-0.1, -0.05) is 47.0 Å². The Balaban J connectivity index is -0.000000394. The van der Waals surface area contributed by atoms with Crippen LogP contribution in [0.3, 0.4) is 0 Å². The number of ketones is 1. The van der Waals surface area contributed by atoms with E-state index >= 15 is 0 Å². The largest absolute Gasteiger partial charge is 0.343 e. The van der Waals surface area contributed by atoms with Gasteiger partial charge in [-0.15, -0.1) is 0 Å². The summed E-state index contributed by atoms with van der Waals surface area (Å²) in [4.78, 5) is 11.4. The Morgan fingerprint density at radius 1 is 1.00 bits per heavy atom. The van der Waals surface area contributed by atoms with Gasteiger partial charge in [0, 0.05) is 60.1 Å². The normalized spacial score (nSPS) is 12.0. The van der Waals surface area contributed by atoms with E-state index in [1.54, 1.807) is 0 Å². The maximum Gasteiger partial charge on any atom is 0.138 e. The third kappa shape index (κ3) is 23.1. The topological polar surface area (TPSA) is 51.2 Å². The number of Topliss-reactive ketones (excluding diaryl/α,β-unsaturated/α-hetero) is 1. The van der Waals surface area contributed by atoms with Gasteiger partial charge in [-0.25, -0.2) is 6.26 Å². The number of rotatable bonds is 5. The molecule has 0 saturated heterocycles. The fourth-order valence-electron chi connectivity index (χ4n) is 0.983. The zero-order valence-electron chi connectivity index (χ0n) is 14.7. The maximum absolute atomic E-state index is 11.4. The summed E-state index contributed by atoms with van der Waals surface area (Å²) in [5.74, 6) is 0.253. The molecule has 0 atom stereocenters. The molecular weight excluding hydrogens is 361 g/mol. The van der Waals surface area contributed by atoms with Crippen LogP contribution < -0.4 is 0 Å². The molecule has 0 saturated carbocycles. The van der Waals surface area contributed by atoms with E-state index < -0.39 is 9.84 Å². The van der Waals surface area contributed by atoms with Crippen LogP contribution >= 0.6 is 0 Å². The predicted octanol–water partition coefficient (Wildman–Crippen LogP) is 4.23. The van der Waals surface area contributed by atoms with Crippen molar-refractivity contribution in [3.8, 4) is 0 Å². The molecule has 3 nitrogen and oxygen atoms in total. The van der Waals surface area contributed by atoms with Gasteiger partial charge in [0.2, 0.25) is 0 Å². The second kappa shape index (κ2) is 11.3. The first kappa shape index (κ1) is 26.6. The van der Waals surface area contributed by atoms with Gasteiger partial charge in [0.05, 0.1) is 0 Å². The van der Waals surface area contributed by atoms with Crippen molar-refractivity contribution in [1.29, 1.82) is 0 Å². The molecule has 0 aromatic heterocycles. The molecule has 21 heavy (non-hydrogen) atoms. The van der Waals surface area contributed by atoms with E-state index in [0.717, 1.165) is 6.42 Å². The number of carbonyl (C=O) groups excluding carboxylic acids is 1. The van der Waals surface area contributed by atoms with Gasteiger partial charge in [-0.05, 0) is 12.8 Å². The first-order valence-corrected chi connectivity index (χ1v) is 8.89. The molecule has 5 heteroatoms. The van der Waals surface area contributed by atoms with Crippen LogP contribution in [0.25, 0.3) is 0 Å². The van der Waals surface area contributed by atoms with Gasteiger partial charge in [0.25, 0.3) is 0 Å². The molecule has 0 aliphatic carbocycles. The molecule has 0 heterocycles. The van der Waals surface area contributed by atoms with Crippen LogP contribution in [-0.4, -0.2) is 20.0 Å². The summed E-state index contributed by atoms with van der Waals surface area (Å²) in [6.07, 6.45) is 5.65. The average Bonchev–Trinajstić information content (AvgIpc) is 2.21. The van der Waals surface area contributed by atoms with Crippen molar-refractivity contribution >= 4 is 15.6 Å². The van der Waals surface area contributed by atoms with Crippen LogP contribution in [0.5, 0.6) is 0 Å².